The van der Waals surface area contributed by atoms with E-state index in [9.17, 15) is 4.79 Å². The Labute approximate surface area is 162 Å². The molecule has 1 fully saturated rings. The van der Waals surface area contributed by atoms with Crippen molar-refractivity contribution in [3.8, 4) is 5.75 Å². The molecule has 27 heavy (non-hydrogen) atoms. The summed E-state index contributed by atoms with van der Waals surface area (Å²) in [5, 5.41) is 4.29. The number of pyridine rings is 1. The largest absolute Gasteiger partial charge is 0.494 e. The lowest BCUT2D eigenvalue weighted by Gasteiger charge is -2.35. The minimum Gasteiger partial charge on any atom is -0.494 e. The van der Waals surface area contributed by atoms with Crippen molar-refractivity contribution in [3.05, 3.63) is 30.0 Å². The Morgan fingerprint density at radius 1 is 1.26 bits per heavy atom. The summed E-state index contributed by atoms with van der Waals surface area (Å²) < 4.78 is 5.48. The third-order valence-corrected chi connectivity index (χ3v) is 5.79. The van der Waals surface area contributed by atoms with Gasteiger partial charge in [-0.2, -0.15) is 0 Å². The van der Waals surface area contributed by atoms with Crippen molar-refractivity contribution in [1.82, 2.24) is 10.3 Å². The first-order valence-electron chi connectivity index (χ1n) is 9.90. The molecular formula is C22H31N3O2. The molecule has 1 saturated heterocycles. The van der Waals surface area contributed by atoms with Gasteiger partial charge in [0.05, 0.1) is 12.8 Å². The highest BCUT2D eigenvalue weighted by molar-refractivity contribution is 5.96. The zero-order valence-corrected chi connectivity index (χ0v) is 17.1. The number of aromatic nitrogens is 1. The first kappa shape index (κ1) is 19.5. The maximum absolute atomic E-state index is 12.6. The van der Waals surface area contributed by atoms with Gasteiger partial charge in [0.15, 0.2) is 0 Å². The average molecular weight is 370 g/mol. The van der Waals surface area contributed by atoms with Crippen molar-refractivity contribution < 1.29 is 9.53 Å². The molecule has 0 bridgehead atoms. The van der Waals surface area contributed by atoms with Crippen LogP contribution < -0.4 is 15.0 Å². The number of nitrogens with zero attached hydrogens (tertiary/aromatic N) is 2. The van der Waals surface area contributed by atoms with Crippen LogP contribution in [0.25, 0.3) is 10.9 Å². The number of carbonyl (C=O) groups excluding carboxylic acids is 1. The van der Waals surface area contributed by atoms with E-state index in [2.05, 4.69) is 49.0 Å². The molecule has 1 aliphatic rings. The number of anilines is 1. The molecule has 1 atom stereocenters. The zero-order valence-electron chi connectivity index (χ0n) is 17.1. The number of piperidine rings is 1. The van der Waals surface area contributed by atoms with Crippen LogP contribution in [0, 0.1) is 18.8 Å². The van der Waals surface area contributed by atoms with Crippen molar-refractivity contribution >= 4 is 22.5 Å². The van der Waals surface area contributed by atoms with Crippen molar-refractivity contribution in [3.63, 3.8) is 0 Å². The fourth-order valence-electron chi connectivity index (χ4n) is 3.74. The summed E-state index contributed by atoms with van der Waals surface area (Å²) in [5.74, 6) is 1.56. The summed E-state index contributed by atoms with van der Waals surface area (Å²) in [6.45, 7) is 10.2. The Morgan fingerprint density at radius 2 is 1.96 bits per heavy atom. The quantitative estimate of drug-likeness (QED) is 0.868. The fourth-order valence-corrected chi connectivity index (χ4v) is 3.74. The predicted molar refractivity (Wildman–Crippen MR) is 110 cm³/mol. The molecule has 1 amide bonds. The van der Waals surface area contributed by atoms with Crippen LogP contribution in [0.1, 0.15) is 39.2 Å². The monoisotopic (exact) mass is 369 g/mol. The number of ether oxygens (including phenoxy) is 1. The van der Waals surface area contributed by atoms with Gasteiger partial charge < -0.3 is 15.0 Å². The number of rotatable bonds is 5. The fraction of sp³-hybridized carbons (Fsp3) is 0.545. The van der Waals surface area contributed by atoms with Gasteiger partial charge in [-0.3, -0.25) is 9.78 Å². The second-order valence-corrected chi connectivity index (χ2v) is 7.95. The lowest BCUT2D eigenvalue weighted by molar-refractivity contribution is -0.126. The molecule has 0 aliphatic carbocycles. The number of carbonyl (C=O) groups is 1. The van der Waals surface area contributed by atoms with Crippen LogP contribution in [-0.2, 0) is 4.79 Å². The van der Waals surface area contributed by atoms with Crippen LogP contribution in [0.15, 0.2) is 24.4 Å². The molecule has 0 saturated carbocycles. The van der Waals surface area contributed by atoms with E-state index >= 15 is 0 Å². The van der Waals surface area contributed by atoms with Gasteiger partial charge in [0.2, 0.25) is 5.91 Å². The maximum Gasteiger partial charge on any atom is 0.223 e. The van der Waals surface area contributed by atoms with Gasteiger partial charge in [0, 0.05) is 36.6 Å². The van der Waals surface area contributed by atoms with Crippen LogP contribution in [-0.4, -0.2) is 37.1 Å². The number of benzene rings is 1. The Bertz CT molecular complexity index is 811. The highest BCUT2D eigenvalue weighted by atomic mass is 16.5. The van der Waals surface area contributed by atoms with Crippen LogP contribution in [0.2, 0.25) is 0 Å². The molecule has 0 radical (unpaired) electrons. The van der Waals surface area contributed by atoms with Gasteiger partial charge in [-0.05, 0) is 44.2 Å². The molecule has 2 aromatic rings. The lowest BCUT2D eigenvalue weighted by atomic mass is 9.93. The molecule has 146 valence electrons. The van der Waals surface area contributed by atoms with E-state index in [1.165, 1.54) is 5.69 Å². The van der Waals surface area contributed by atoms with Gasteiger partial charge in [-0.25, -0.2) is 0 Å². The minimum absolute atomic E-state index is 0.102. The van der Waals surface area contributed by atoms with Crippen molar-refractivity contribution in [2.24, 2.45) is 11.8 Å². The number of fused-ring (bicyclic) bond motifs is 1. The third kappa shape index (κ3) is 4.02. The predicted octanol–water partition coefficient (Wildman–Crippen LogP) is 3.93. The SMILES string of the molecule is COc1cccc2c(N3CCC(C(=O)NC(C)C(C)C)CC3)c(C)cnc12. The summed E-state index contributed by atoms with van der Waals surface area (Å²) in [7, 11) is 1.68. The summed E-state index contributed by atoms with van der Waals surface area (Å²) in [4.78, 5) is 19.5. The van der Waals surface area contributed by atoms with Crippen molar-refractivity contribution in [1.29, 1.82) is 0 Å². The van der Waals surface area contributed by atoms with E-state index in [4.69, 9.17) is 4.74 Å². The van der Waals surface area contributed by atoms with Gasteiger partial charge in [-0.1, -0.05) is 26.0 Å². The number of amides is 1. The average Bonchev–Trinajstić information content (AvgIpc) is 2.67. The second-order valence-electron chi connectivity index (χ2n) is 7.95. The Balaban J connectivity index is 1.77. The Morgan fingerprint density at radius 3 is 2.59 bits per heavy atom. The zero-order chi connectivity index (χ0) is 19.6. The number of para-hydroxylation sites is 1. The molecule has 5 nitrogen and oxygen atoms in total. The lowest BCUT2D eigenvalue weighted by Crippen LogP contribution is -2.44. The molecular weight excluding hydrogens is 338 g/mol. The standard InChI is InChI=1S/C22H31N3O2/c1-14(2)16(4)24-22(26)17-9-11-25(12-10-17)21-15(3)13-23-20-18(21)7-6-8-19(20)27-5/h6-8,13-14,16-17H,9-12H2,1-5H3,(H,24,26). The Hall–Kier alpha value is -2.30. The van der Waals surface area contributed by atoms with Crippen LogP contribution in [0.3, 0.4) is 0 Å². The van der Waals surface area contributed by atoms with E-state index in [-0.39, 0.29) is 17.9 Å². The molecule has 3 rings (SSSR count). The van der Waals surface area contributed by atoms with Gasteiger partial charge in [0.25, 0.3) is 0 Å². The van der Waals surface area contributed by atoms with E-state index in [1.54, 1.807) is 7.11 Å². The van der Waals surface area contributed by atoms with Crippen LogP contribution in [0.5, 0.6) is 5.75 Å². The first-order valence-corrected chi connectivity index (χ1v) is 9.90. The molecule has 1 unspecified atom stereocenters. The van der Waals surface area contributed by atoms with Crippen molar-refractivity contribution in [2.75, 3.05) is 25.1 Å². The second kappa shape index (κ2) is 8.15. The molecule has 1 N–H and O–H groups in total. The van der Waals surface area contributed by atoms with E-state index < -0.39 is 0 Å². The van der Waals surface area contributed by atoms with Gasteiger partial charge >= 0.3 is 0 Å². The summed E-state index contributed by atoms with van der Waals surface area (Å²) in [5.41, 5.74) is 3.27. The first-order chi connectivity index (χ1) is 12.9. The summed E-state index contributed by atoms with van der Waals surface area (Å²) >= 11 is 0. The molecule has 1 aromatic carbocycles. The highest BCUT2D eigenvalue weighted by Crippen LogP contribution is 2.35. The Kier molecular flexibility index (Phi) is 5.88. The van der Waals surface area contributed by atoms with E-state index in [0.717, 1.165) is 48.1 Å². The molecule has 1 aliphatic heterocycles. The highest BCUT2D eigenvalue weighted by Gasteiger charge is 2.28. The van der Waals surface area contributed by atoms with Crippen molar-refractivity contribution in [2.45, 2.75) is 46.6 Å². The normalized spacial score (nSPS) is 16.6. The number of methoxy groups -OCH3 is 1. The summed E-state index contributed by atoms with van der Waals surface area (Å²) in [6.07, 6.45) is 3.68. The number of aryl methyl sites for hydroxylation is 1. The minimum atomic E-state index is 0.102. The van der Waals surface area contributed by atoms with E-state index in [0.29, 0.717) is 5.92 Å². The van der Waals surface area contributed by atoms with Crippen LogP contribution >= 0.6 is 0 Å². The number of hydrogen-bond acceptors (Lipinski definition) is 4. The molecule has 5 heteroatoms. The van der Waals surface area contributed by atoms with E-state index in [1.807, 2.05) is 18.3 Å². The van der Waals surface area contributed by atoms with Gasteiger partial charge in [0.1, 0.15) is 11.3 Å². The molecule has 1 aromatic heterocycles. The number of nitrogens with one attached hydrogen (secondary N) is 1. The topological polar surface area (TPSA) is 54.5 Å². The smallest absolute Gasteiger partial charge is 0.223 e. The van der Waals surface area contributed by atoms with Gasteiger partial charge in [-0.15, -0.1) is 0 Å². The summed E-state index contributed by atoms with van der Waals surface area (Å²) in [6, 6.07) is 6.28. The molecule has 2 heterocycles. The third-order valence-electron chi connectivity index (χ3n) is 5.79. The maximum atomic E-state index is 12.6. The number of hydrogen-bond donors (Lipinski definition) is 1. The van der Waals surface area contributed by atoms with Crippen LogP contribution in [0.4, 0.5) is 5.69 Å². The molecule has 0 spiro atoms.